The van der Waals surface area contributed by atoms with Crippen molar-refractivity contribution < 1.29 is 4.52 Å². The van der Waals surface area contributed by atoms with Gasteiger partial charge in [-0.2, -0.15) is 4.98 Å². The van der Waals surface area contributed by atoms with Crippen LogP contribution in [0.5, 0.6) is 0 Å². The number of nitrogens with zero attached hydrogens (tertiary/aromatic N) is 7. The number of nitrogens with one attached hydrogen (secondary N) is 1. The van der Waals surface area contributed by atoms with Gasteiger partial charge < -0.3 is 19.6 Å². The van der Waals surface area contributed by atoms with E-state index < -0.39 is 0 Å². The fraction of sp³-hybridized carbons (Fsp3) is 0.350. The molecule has 9 nitrogen and oxygen atoms in total. The molecule has 2 aromatic heterocycles. The van der Waals surface area contributed by atoms with Crippen LogP contribution < -0.4 is 10.2 Å². The Morgan fingerprint density at radius 1 is 1.13 bits per heavy atom. The van der Waals surface area contributed by atoms with Gasteiger partial charge in [-0.15, -0.1) is 24.0 Å². The van der Waals surface area contributed by atoms with Gasteiger partial charge in [-0.3, -0.25) is 0 Å². The minimum absolute atomic E-state index is 0. The van der Waals surface area contributed by atoms with E-state index in [0.29, 0.717) is 23.3 Å². The van der Waals surface area contributed by atoms with Crippen LogP contribution in [0.4, 0.5) is 5.95 Å². The van der Waals surface area contributed by atoms with E-state index in [1.54, 1.807) is 24.5 Å². The first kappa shape index (κ1) is 23.2. The van der Waals surface area contributed by atoms with E-state index in [4.69, 9.17) is 21.1 Å². The normalized spacial score (nSPS) is 14.3. The molecule has 1 aliphatic heterocycles. The maximum absolute atomic E-state index is 5.93. The summed E-state index contributed by atoms with van der Waals surface area (Å²) >= 11 is 5.93. The van der Waals surface area contributed by atoms with Gasteiger partial charge in [0.25, 0.3) is 0 Å². The van der Waals surface area contributed by atoms with E-state index in [1.165, 1.54) is 0 Å². The number of anilines is 1. The van der Waals surface area contributed by atoms with E-state index in [1.807, 2.05) is 18.2 Å². The quantitative estimate of drug-likeness (QED) is 0.292. The first-order chi connectivity index (χ1) is 14.7. The lowest BCUT2D eigenvalue weighted by molar-refractivity contribution is 0.363. The SMILES string of the molecule is CCNC(=NCc1nc(-c2ccc(Cl)cc2)no1)N1CCN(c2ncccn2)CC1.I. The molecular weight excluding hydrogens is 531 g/mol. The standard InChI is InChI=1S/C20H23ClN8O.HI/c1-2-22-19(28-10-12-29(13-11-28)20-23-8-3-9-24-20)25-14-17-26-18(27-30-17)15-4-6-16(21)7-5-15;/h3-9H,2,10-14H2,1H3,(H,22,25);1H. The Morgan fingerprint density at radius 2 is 1.84 bits per heavy atom. The number of aromatic nitrogens is 4. The smallest absolute Gasteiger partial charge is 0.248 e. The van der Waals surface area contributed by atoms with Gasteiger partial charge in [0.2, 0.25) is 17.7 Å². The molecule has 164 valence electrons. The molecule has 0 radical (unpaired) electrons. The minimum atomic E-state index is 0. The van der Waals surface area contributed by atoms with E-state index in [0.717, 1.165) is 50.2 Å². The zero-order valence-electron chi connectivity index (χ0n) is 17.1. The van der Waals surface area contributed by atoms with Crippen molar-refractivity contribution in [1.82, 2.24) is 30.3 Å². The monoisotopic (exact) mass is 554 g/mol. The van der Waals surface area contributed by atoms with Crippen LogP contribution in [0, 0.1) is 0 Å². The van der Waals surface area contributed by atoms with Crippen molar-refractivity contribution in [1.29, 1.82) is 0 Å². The van der Waals surface area contributed by atoms with Crippen LogP contribution in [-0.4, -0.2) is 63.7 Å². The summed E-state index contributed by atoms with van der Waals surface area (Å²) in [5.74, 6) is 2.59. The van der Waals surface area contributed by atoms with Crippen LogP contribution in [0.3, 0.4) is 0 Å². The highest BCUT2D eigenvalue weighted by molar-refractivity contribution is 14.0. The Bertz CT molecular complexity index is 974. The largest absolute Gasteiger partial charge is 0.357 e. The summed E-state index contributed by atoms with van der Waals surface area (Å²) in [5.41, 5.74) is 0.851. The first-order valence-corrected chi connectivity index (χ1v) is 10.2. The fourth-order valence-electron chi connectivity index (χ4n) is 3.18. The van der Waals surface area contributed by atoms with Crippen molar-refractivity contribution in [3.05, 3.63) is 53.6 Å². The Kier molecular flexibility index (Phi) is 8.41. The lowest BCUT2D eigenvalue weighted by Gasteiger charge is -2.36. The molecule has 0 unspecified atom stereocenters. The van der Waals surface area contributed by atoms with Crippen molar-refractivity contribution >= 4 is 47.5 Å². The molecule has 1 aromatic carbocycles. The lowest BCUT2D eigenvalue weighted by atomic mass is 10.2. The third-order valence-corrected chi connectivity index (χ3v) is 4.94. The number of benzene rings is 1. The summed E-state index contributed by atoms with van der Waals surface area (Å²) in [7, 11) is 0. The van der Waals surface area contributed by atoms with Gasteiger partial charge in [0, 0.05) is 55.7 Å². The molecule has 3 heterocycles. The number of guanidine groups is 1. The summed E-state index contributed by atoms with van der Waals surface area (Å²) in [6, 6.07) is 9.15. The molecule has 11 heteroatoms. The van der Waals surface area contributed by atoms with Gasteiger partial charge in [0.15, 0.2) is 5.96 Å². The van der Waals surface area contributed by atoms with Crippen molar-refractivity contribution in [3.8, 4) is 11.4 Å². The molecule has 1 fully saturated rings. The van der Waals surface area contributed by atoms with Crippen LogP contribution in [0.15, 0.2) is 52.2 Å². The molecule has 0 bridgehead atoms. The predicted molar refractivity (Wildman–Crippen MR) is 131 cm³/mol. The van der Waals surface area contributed by atoms with E-state index >= 15 is 0 Å². The van der Waals surface area contributed by atoms with Crippen molar-refractivity contribution in [2.45, 2.75) is 13.5 Å². The second-order valence-electron chi connectivity index (χ2n) is 6.71. The highest BCUT2D eigenvalue weighted by atomic mass is 127. The molecule has 0 spiro atoms. The molecule has 0 atom stereocenters. The molecule has 0 aliphatic carbocycles. The summed E-state index contributed by atoms with van der Waals surface area (Å²) in [6.45, 7) is 6.44. The molecule has 1 saturated heterocycles. The minimum Gasteiger partial charge on any atom is -0.357 e. The average molecular weight is 555 g/mol. The van der Waals surface area contributed by atoms with E-state index in [2.05, 4.69) is 42.1 Å². The maximum atomic E-state index is 5.93. The highest BCUT2D eigenvalue weighted by Gasteiger charge is 2.21. The van der Waals surface area contributed by atoms with Crippen molar-refractivity contribution in [2.75, 3.05) is 37.6 Å². The second-order valence-corrected chi connectivity index (χ2v) is 7.15. The number of hydrogen-bond acceptors (Lipinski definition) is 7. The summed E-state index contributed by atoms with van der Waals surface area (Å²) in [5, 5.41) is 8.05. The van der Waals surface area contributed by atoms with Gasteiger partial charge >= 0.3 is 0 Å². The van der Waals surface area contributed by atoms with Crippen molar-refractivity contribution in [3.63, 3.8) is 0 Å². The van der Waals surface area contributed by atoms with Gasteiger partial charge in [0.05, 0.1) is 0 Å². The number of halogens is 2. The zero-order chi connectivity index (χ0) is 20.8. The summed E-state index contributed by atoms with van der Waals surface area (Å²) in [6.07, 6.45) is 3.53. The third kappa shape index (κ3) is 6.03. The molecule has 1 aliphatic rings. The predicted octanol–water partition coefficient (Wildman–Crippen LogP) is 3.09. The third-order valence-electron chi connectivity index (χ3n) is 4.68. The molecular formula is C20H24ClIN8O. The van der Waals surface area contributed by atoms with E-state index in [9.17, 15) is 0 Å². The van der Waals surface area contributed by atoms with Crippen LogP contribution in [0.2, 0.25) is 5.02 Å². The van der Waals surface area contributed by atoms with Crippen LogP contribution in [0.1, 0.15) is 12.8 Å². The highest BCUT2D eigenvalue weighted by Crippen LogP contribution is 2.19. The molecule has 0 amide bonds. The van der Waals surface area contributed by atoms with Gasteiger partial charge in [-0.25, -0.2) is 15.0 Å². The maximum Gasteiger partial charge on any atom is 0.248 e. The van der Waals surface area contributed by atoms with Gasteiger partial charge in [0.1, 0.15) is 6.54 Å². The van der Waals surface area contributed by atoms with Crippen LogP contribution in [0.25, 0.3) is 11.4 Å². The molecule has 0 saturated carbocycles. The number of piperazine rings is 1. The van der Waals surface area contributed by atoms with E-state index in [-0.39, 0.29) is 24.0 Å². The molecule has 3 aromatic rings. The fourth-order valence-corrected chi connectivity index (χ4v) is 3.30. The second kappa shape index (κ2) is 11.2. The first-order valence-electron chi connectivity index (χ1n) is 9.86. The number of aliphatic imine (C=N–C) groups is 1. The van der Waals surface area contributed by atoms with Crippen LogP contribution >= 0.6 is 35.6 Å². The lowest BCUT2D eigenvalue weighted by Crippen LogP contribution is -2.53. The summed E-state index contributed by atoms with van der Waals surface area (Å²) < 4.78 is 5.37. The molecule has 31 heavy (non-hydrogen) atoms. The van der Waals surface area contributed by atoms with Gasteiger partial charge in [-0.05, 0) is 37.3 Å². The Morgan fingerprint density at radius 3 is 2.52 bits per heavy atom. The number of rotatable bonds is 5. The Labute approximate surface area is 202 Å². The van der Waals surface area contributed by atoms with Crippen LogP contribution in [-0.2, 0) is 6.54 Å². The van der Waals surface area contributed by atoms with Crippen molar-refractivity contribution in [2.24, 2.45) is 4.99 Å². The molecule has 1 N–H and O–H groups in total. The Balaban J connectivity index is 0.00000272. The Hall–Kier alpha value is -2.47. The average Bonchev–Trinajstić information content (AvgIpc) is 3.27. The zero-order valence-corrected chi connectivity index (χ0v) is 20.2. The number of hydrogen-bond donors (Lipinski definition) is 1. The summed E-state index contributed by atoms with van der Waals surface area (Å²) in [4.78, 5) is 22.2. The molecule has 4 rings (SSSR count). The topological polar surface area (TPSA) is 95.6 Å². The van der Waals surface area contributed by atoms with Gasteiger partial charge in [-0.1, -0.05) is 16.8 Å².